The normalized spacial score (nSPS) is 19.7. The molecule has 1 aliphatic rings. The number of morpholine rings is 1. The predicted molar refractivity (Wildman–Crippen MR) is 102 cm³/mol. The molecule has 28 heavy (non-hydrogen) atoms. The monoisotopic (exact) mass is 382 g/mol. The Labute approximate surface area is 161 Å². The summed E-state index contributed by atoms with van der Waals surface area (Å²) in [5.74, 6) is -0.635. The van der Waals surface area contributed by atoms with E-state index in [2.05, 4.69) is 5.10 Å². The minimum atomic E-state index is -0.649. The molecule has 1 aliphatic heterocycles. The number of rotatable bonds is 4. The number of carbonyl (C=O) groups excluding carboxylic acids is 1. The third-order valence-electron chi connectivity index (χ3n) is 4.66. The van der Waals surface area contributed by atoms with Gasteiger partial charge in [-0.25, -0.2) is 4.79 Å². The number of benzene rings is 1. The standard InChI is InChI=1S/C20H22N4O4/c1-14-11-23(12-15(2)27-14)18(25)13-24-20(26)28-19(21-24)16-6-5-7-17(10-16)22-8-3-4-9-22/h3-10,14-15H,11-13H2,1-2H3/t14-,15-/m0/s1. The molecule has 1 aromatic carbocycles. The van der Waals surface area contributed by atoms with Gasteiger partial charge in [0.15, 0.2) is 0 Å². The van der Waals surface area contributed by atoms with E-state index in [1.165, 1.54) is 0 Å². The first kappa shape index (κ1) is 18.2. The molecule has 3 heterocycles. The Morgan fingerprint density at radius 3 is 2.57 bits per heavy atom. The van der Waals surface area contributed by atoms with Gasteiger partial charge in [0.25, 0.3) is 0 Å². The molecule has 0 N–H and O–H groups in total. The van der Waals surface area contributed by atoms with Crippen LogP contribution in [-0.4, -0.2) is 50.5 Å². The lowest BCUT2D eigenvalue weighted by atomic mass is 10.2. The fourth-order valence-corrected chi connectivity index (χ4v) is 3.44. The van der Waals surface area contributed by atoms with Crippen LogP contribution in [0.1, 0.15) is 13.8 Å². The first-order valence-corrected chi connectivity index (χ1v) is 9.24. The van der Waals surface area contributed by atoms with Gasteiger partial charge >= 0.3 is 5.76 Å². The van der Waals surface area contributed by atoms with Gasteiger partial charge in [0, 0.05) is 36.7 Å². The van der Waals surface area contributed by atoms with Crippen molar-refractivity contribution in [3.05, 3.63) is 59.3 Å². The highest BCUT2D eigenvalue weighted by Gasteiger charge is 2.26. The average molecular weight is 382 g/mol. The van der Waals surface area contributed by atoms with E-state index in [1.54, 1.807) is 4.90 Å². The number of aromatic nitrogens is 3. The highest BCUT2D eigenvalue weighted by atomic mass is 16.5. The summed E-state index contributed by atoms with van der Waals surface area (Å²) >= 11 is 0. The molecule has 3 aromatic rings. The molecule has 2 atom stereocenters. The van der Waals surface area contributed by atoms with Gasteiger partial charge in [-0.05, 0) is 44.2 Å². The molecule has 0 bridgehead atoms. The van der Waals surface area contributed by atoms with Crippen molar-refractivity contribution >= 4 is 5.91 Å². The summed E-state index contributed by atoms with van der Waals surface area (Å²) in [6, 6.07) is 11.4. The molecule has 4 rings (SSSR count). The fraction of sp³-hybridized carbons (Fsp3) is 0.350. The Morgan fingerprint density at radius 2 is 1.86 bits per heavy atom. The molecule has 8 heteroatoms. The summed E-state index contributed by atoms with van der Waals surface area (Å²) in [5.41, 5.74) is 1.59. The van der Waals surface area contributed by atoms with Gasteiger partial charge in [-0.2, -0.15) is 4.68 Å². The number of hydrogen-bond donors (Lipinski definition) is 0. The van der Waals surface area contributed by atoms with Crippen LogP contribution in [0, 0.1) is 0 Å². The number of ether oxygens (including phenoxy) is 1. The fourth-order valence-electron chi connectivity index (χ4n) is 3.44. The van der Waals surface area contributed by atoms with Crippen LogP contribution in [0.25, 0.3) is 17.1 Å². The van der Waals surface area contributed by atoms with Gasteiger partial charge < -0.3 is 18.6 Å². The highest BCUT2D eigenvalue weighted by molar-refractivity contribution is 5.76. The van der Waals surface area contributed by atoms with E-state index in [0.29, 0.717) is 18.7 Å². The van der Waals surface area contributed by atoms with Crippen molar-refractivity contribution in [1.29, 1.82) is 0 Å². The topological polar surface area (TPSA) is 82.5 Å². The van der Waals surface area contributed by atoms with Crippen molar-refractivity contribution < 1.29 is 13.9 Å². The smallest absolute Gasteiger partial charge is 0.388 e. The third-order valence-corrected chi connectivity index (χ3v) is 4.66. The van der Waals surface area contributed by atoms with Gasteiger partial charge in [-0.15, -0.1) is 5.10 Å². The maximum absolute atomic E-state index is 12.6. The van der Waals surface area contributed by atoms with Crippen molar-refractivity contribution in [1.82, 2.24) is 19.2 Å². The SMILES string of the molecule is C[C@H]1CN(C(=O)Cn2nc(-c3cccc(-n4cccc4)c3)oc2=O)C[C@H](C)O1. The quantitative estimate of drug-likeness (QED) is 0.689. The van der Waals surface area contributed by atoms with Crippen molar-refractivity contribution in [3.8, 4) is 17.1 Å². The summed E-state index contributed by atoms with van der Waals surface area (Å²) < 4.78 is 14.0. The average Bonchev–Trinajstić information content (AvgIpc) is 3.32. The van der Waals surface area contributed by atoms with Gasteiger partial charge in [-0.1, -0.05) is 6.07 Å². The zero-order valence-electron chi connectivity index (χ0n) is 15.8. The zero-order chi connectivity index (χ0) is 19.7. The molecule has 0 spiro atoms. The van der Waals surface area contributed by atoms with Crippen LogP contribution >= 0.6 is 0 Å². The molecule has 146 valence electrons. The number of nitrogens with zero attached hydrogens (tertiary/aromatic N) is 4. The Morgan fingerprint density at radius 1 is 1.14 bits per heavy atom. The van der Waals surface area contributed by atoms with Gasteiger partial charge in [0.05, 0.1) is 12.2 Å². The zero-order valence-corrected chi connectivity index (χ0v) is 15.8. The van der Waals surface area contributed by atoms with Crippen LogP contribution in [0.2, 0.25) is 0 Å². The summed E-state index contributed by atoms with van der Waals surface area (Å²) in [5, 5.41) is 4.22. The summed E-state index contributed by atoms with van der Waals surface area (Å²) in [6.07, 6.45) is 3.79. The first-order valence-electron chi connectivity index (χ1n) is 9.24. The molecule has 0 aliphatic carbocycles. The maximum Gasteiger partial charge on any atom is 0.437 e. The molecular formula is C20H22N4O4. The molecule has 1 amide bonds. The van der Waals surface area contributed by atoms with E-state index in [1.807, 2.05) is 67.2 Å². The van der Waals surface area contributed by atoms with Gasteiger partial charge in [0.2, 0.25) is 11.8 Å². The summed E-state index contributed by atoms with van der Waals surface area (Å²) in [7, 11) is 0. The minimum absolute atomic E-state index is 0.0336. The van der Waals surface area contributed by atoms with E-state index in [0.717, 1.165) is 10.4 Å². The Balaban J connectivity index is 1.54. The number of carbonyl (C=O) groups is 1. The van der Waals surface area contributed by atoms with Gasteiger partial charge in [0.1, 0.15) is 6.54 Å². The Hall–Kier alpha value is -3.13. The molecule has 1 saturated heterocycles. The molecule has 0 saturated carbocycles. The first-order chi connectivity index (χ1) is 13.5. The van der Waals surface area contributed by atoms with E-state index in [4.69, 9.17) is 9.15 Å². The molecule has 8 nitrogen and oxygen atoms in total. The van der Waals surface area contributed by atoms with E-state index >= 15 is 0 Å². The van der Waals surface area contributed by atoms with Crippen molar-refractivity contribution in [2.45, 2.75) is 32.6 Å². The lowest BCUT2D eigenvalue weighted by Crippen LogP contribution is -2.49. The van der Waals surface area contributed by atoms with Crippen LogP contribution in [0.4, 0.5) is 0 Å². The summed E-state index contributed by atoms with van der Waals surface area (Å²) in [4.78, 5) is 26.5. The molecule has 0 radical (unpaired) electrons. The number of hydrogen-bond acceptors (Lipinski definition) is 5. The largest absolute Gasteiger partial charge is 0.437 e. The Bertz CT molecular complexity index is 1010. The van der Waals surface area contributed by atoms with E-state index in [9.17, 15) is 9.59 Å². The second-order valence-electron chi connectivity index (χ2n) is 7.03. The van der Waals surface area contributed by atoms with Crippen molar-refractivity contribution in [2.24, 2.45) is 0 Å². The van der Waals surface area contributed by atoms with Crippen molar-refractivity contribution in [3.63, 3.8) is 0 Å². The lowest BCUT2D eigenvalue weighted by Gasteiger charge is -2.35. The Kier molecular flexibility index (Phi) is 4.87. The predicted octanol–water partition coefficient (Wildman–Crippen LogP) is 1.93. The molecule has 1 fully saturated rings. The van der Waals surface area contributed by atoms with Crippen LogP contribution < -0.4 is 5.76 Å². The van der Waals surface area contributed by atoms with Crippen molar-refractivity contribution in [2.75, 3.05) is 13.1 Å². The lowest BCUT2D eigenvalue weighted by molar-refractivity contribution is -0.144. The third kappa shape index (κ3) is 3.77. The second kappa shape index (κ2) is 7.47. The van der Waals surface area contributed by atoms with Crippen LogP contribution in [0.5, 0.6) is 0 Å². The molecule has 0 unspecified atom stereocenters. The maximum atomic E-state index is 12.6. The van der Waals surface area contributed by atoms with Crippen LogP contribution in [0.15, 0.2) is 58.0 Å². The van der Waals surface area contributed by atoms with E-state index in [-0.39, 0.29) is 30.6 Å². The van der Waals surface area contributed by atoms with Gasteiger partial charge in [-0.3, -0.25) is 4.79 Å². The van der Waals surface area contributed by atoms with Crippen LogP contribution in [-0.2, 0) is 16.1 Å². The molecular weight excluding hydrogens is 360 g/mol. The van der Waals surface area contributed by atoms with E-state index < -0.39 is 5.76 Å². The van der Waals surface area contributed by atoms with Crippen LogP contribution in [0.3, 0.4) is 0 Å². The highest BCUT2D eigenvalue weighted by Crippen LogP contribution is 2.19. The minimum Gasteiger partial charge on any atom is -0.388 e. The molecule has 2 aromatic heterocycles. The number of amides is 1. The summed E-state index contributed by atoms with van der Waals surface area (Å²) in [6.45, 7) is 4.70. The second-order valence-corrected chi connectivity index (χ2v) is 7.03.